The fourth-order valence-corrected chi connectivity index (χ4v) is 10.6. The van der Waals surface area contributed by atoms with Crippen LogP contribution in [0, 0.1) is 18.0 Å². The van der Waals surface area contributed by atoms with E-state index in [0.29, 0.717) is 107 Å². The van der Waals surface area contributed by atoms with Crippen molar-refractivity contribution in [2.24, 2.45) is 0 Å². The Balaban J connectivity index is 0.000000540. The maximum atomic E-state index is 11.8. The predicted octanol–water partition coefficient (Wildman–Crippen LogP) is 9.71. The Bertz CT molecular complexity index is 2750. The lowest BCUT2D eigenvalue weighted by molar-refractivity contribution is 0.114. The van der Waals surface area contributed by atoms with E-state index in [9.17, 15) is 19.2 Å². The number of rotatable bonds is 33. The van der Waals surface area contributed by atoms with E-state index in [-0.39, 0.29) is 43.4 Å². The first kappa shape index (κ1) is 75.9. The summed E-state index contributed by atoms with van der Waals surface area (Å²) in [5.74, 6) is 0. The number of likely N-dealkylation sites (N-methyl/N-ethyl adjacent to an activating group) is 4. The molecule has 0 aliphatic heterocycles. The van der Waals surface area contributed by atoms with Gasteiger partial charge in [0.1, 0.15) is 0 Å². The Kier molecular flexibility index (Phi) is 34.4. The molecule has 81 heavy (non-hydrogen) atoms. The van der Waals surface area contributed by atoms with Crippen LogP contribution >= 0.6 is 48.9 Å². The van der Waals surface area contributed by atoms with Gasteiger partial charge in [-0.15, -0.1) is 0 Å². The molecule has 0 aromatic heterocycles. The van der Waals surface area contributed by atoms with Crippen LogP contribution in [0.2, 0.25) is 0 Å². The molecule has 20 heteroatoms. The molecule has 0 spiro atoms. The van der Waals surface area contributed by atoms with Gasteiger partial charge in [-0.2, -0.15) is 0 Å². The standard InChI is InChI=1S/2C16H28N2O2S.C15H26N2O2S.C14H24N2O2S/c1-6-8-18(5)9-11-20-10-7-17-13-12(16(2,3)4)15(21)14(13)19;1-6-18(7-2)9-11-20-10-8-17-13-12(16(3,4)5)15(21)14(13)19;1-6-17(5)8-10-19-9-7-16-12-11(15(2,3)4)14(20)13(12)18;1-14(2,3)10-11(12(17)13(10)19)15-6-8-18-9-7-16(4)5/h2*17H,6-11H2,1-5H3;16H,6-10H2,1-5H3;15H,6-9H2,1-5H3. The highest BCUT2D eigenvalue weighted by atomic mass is 32.1. The molecule has 0 heterocycles. The summed E-state index contributed by atoms with van der Waals surface area (Å²) in [7, 11) is 8.18. The van der Waals surface area contributed by atoms with Crippen molar-refractivity contribution in [3.8, 4) is 0 Å². The second-order valence-electron chi connectivity index (χ2n) is 24.8. The smallest absolute Gasteiger partial charge is 0.220 e. The van der Waals surface area contributed by atoms with Gasteiger partial charge >= 0.3 is 0 Å². The van der Waals surface area contributed by atoms with Gasteiger partial charge in [-0.3, -0.25) is 19.2 Å². The minimum Gasteiger partial charge on any atom is -0.379 e. The zero-order valence-corrected chi connectivity index (χ0v) is 56.8. The van der Waals surface area contributed by atoms with Crippen molar-refractivity contribution in [1.29, 1.82) is 0 Å². The molecule has 462 valence electrons. The number of nitrogens with zero attached hydrogens (tertiary/aromatic N) is 4. The Hall–Kier alpha value is -3.12. The van der Waals surface area contributed by atoms with Crippen LogP contribution in [0.1, 0.15) is 139 Å². The van der Waals surface area contributed by atoms with Crippen molar-refractivity contribution in [3.05, 3.63) is 81.2 Å². The molecule has 0 atom stereocenters. The third kappa shape index (κ3) is 25.6. The third-order valence-electron chi connectivity index (χ3n) is 13.3. The summed E-state index contributed by atoms with van der Waals surface area (Å²) in [6.07, 6.45) is 1.16. The van der Waals surface area contributed by atoms with E-state index in [0.717, 1.165) is 94.2 Å². The fourth-order valence-electron chi connectivity index (χ4n) is 8.58. The molecule has 4 aromatic rings. The van der Waals surface area contributed by atoms with Gasteiger partial charge in [0.05, 0.1) is 93.6 Å². The minimum absolute atomic E-state index is 0.0296. The number of hydrogen-bond donors (Lipinski definition) is 4. The maximum Gasteiger partial charge on any atom is 0.220 e. The summed E-state index contributed by atoms with van der Waals surface area (Å²) in [5, 5.41) is 12.7. The lowest BCUT2D eigenvalue weighted by Gasteiger charge is -2.25. The lowest BCUT2D eigenvalue weighted by Crippen LogP contribution is -2.30. The molecule has 0 bridgehead atoms. The molecule has 4 aromatic carbocycles. The normalized spacial score (nSPS) is 12.3. The highest BCUT2D eigenvalue weighted by molar-refractivity contribution is 7.72. The zero-order chi connectivity index (χ0) is 62.1. The predicted molar refractivity (Wildman–Crippen MR) is 353 cm³/mol. The zero-order valence-electron chi connectivity index (χ0n) is 53.5. The highest BCUT2D eigenvalue weighted by Gasteiger charge is 2.30. The van der Waals surface area contributed by atoms with Crippen LogP contribution in [0.25, 0.3) is 0 Å². The third-order valence-corrected chi connectivity index (χ3v) is 14.9. The largest absolute Gasteiger partial charge is 0.379 e. The first-order valence-electron chi connectivity index (χ1n) is 29.0. The molecule has 4 N–H and O–H groups in total. The quantitative estimate of drug-likeness (QED) is 0.0263. The molecule has 0 radical (unpaired) electrons. The van der Waals surface area contributed by atoms with Gasteiger partial charge in [-0.25, -0.2) is 0 Å². The average molecular weight is 1210 g/mol. The molecular formula is C61H106N8O8S4. The van der Waals surface area contributed by atoms with Gasteiger partial charge < -0.3 is 59.8 Å². The van der Waals surface area contributed by atoms with Crippen LogP contribution in [0.15, 0.2) is 19.2 Å². The van der Waals surface area contributed by atoms with E-state index < -0.39 is 0 Å². The highest BCUT2D eigenvalue weighted by Crippen LogP contribution is 2.33. The molecular weight excluding hydrogens is 1100 g/mol. The second-order valence-corrected chi connectivity index (χ2v) is 26.5. The molecule has 0 amide bonds. The topological polar surface area (TPSA) is 166 Å². The number of nitrogens with one attached hydrogen (secondary N) is 4. The average Bonchev–Trinajstić information content (AvgIpc) is 3.37. The van der Waals surface area contributed by atoms with E-state index in [1.807, 2.05) is 14.1 Å². The number of anilines is 4. The SMILES string of the molecule is CCCN(C)CCOCCNc1c(C(C)(C)C)c(=S)c1=O.CCN(C)CCOCCNc1c(C(C)(C)C)c(=S)c1=O.CCN(CC)CCOCCNc1c(C(C)(C)C)c(=S)c1=O.CN(C)CCOCCNc1c(C(C)(C)C)c(=S)c1=O. The Morgan fingerprint density at radius 1 is 0.358 bits per heavy atom. The van der Waals surface area contributed by atoms with Crippen molar-refractivity contribution in [2.45, 2.75) is 139 Å². The van der Waals surface area contributed by atoms with E-state index in [4.69, 9.17) is 67.8 Å². The van der Waals surface area contributed by atoms with Crippen LogP contribution < -0.4 is 43.0 Å². The summed E-state index contributed by atoms with van der Waals surface area (Å²) in [6.45, 7) is 49.1. The van der Waals surface area contributed by atoms with Gasteiger partial charge in [0.2, 0.25) is 21.7 Å². The summed E-state index contributed by atoms with van der Waals surface area (Å²) in [5.41, 5.74) is 6.15. The van der Waals surface area contributed by atoms with Crippen molar-refractivity contribution in [3.63, 3.8) is 0 Å². The van der Waals surface area contributed by atoms with Crippen LogP contribution in [0.5, 0.6) is 0 Å². The molecule has 4 rings (SSSR count). The number of ether oxygens (including phenoxy) is 4. The summed E-state index contributed by atoms with van der Waals surface area (Å²) >= 11 is 20.5. The molecule has 16 nitrogen and oxygen atoms in total. The van der Waals surface area contributed by atoms with Crippen LogP contribution in [-0.4, -0.2) is 179 Å². The first-order chi connectivity index (χ1) is 37.6. The second kappa shape index (κ2) is 36.7. The molecule has 0 aliphatic rings. The van der Waals surface area contributed by atoms with E-state index in [2.05, 4.69) is 166 Å². The van der Waals surface area contributed by atoms with E-state index in [1.165, 1.54) is 0 Å². The fraction of sp³-hybridized carbons (Fsp3) is 0.738. The van der Waals surface area contributed by atoms with Gasteiger partial charge in [0.15, 0.2) is 0 Å². The Labute approximate surface area is 508 Å². The van der Waals surface area contributed by atoms with E-state index in [1.54, 1.807) is 0 Å². The summed E-state index contributed by atoms with van der Waals surface area (Å²) in [6, 6.07) is 0. The van der Waals surface area contributed by atoms with Crippen LogP contribution in [-0.2, 0) is 40.6 Å². The molecule has 0 saturated heterocycles. The van der Waals surface area contributed by atoms with Crippen molar-refractivity contribution in [1.82, 2.24) is 19.6 Å². The molecule has 0 saturated carbocycles. The Morgan fingerprint density at radius 3 is 0.852 bits per heavy atom. The van der Waals surface area contributed by atoms with Crippen molar-refractivity contribution < 1.29 is 18.9 Å². The van der Waals surface area contributed by atoms with Crippen LogP contribution in [0.4, 0.5) is 22.7 Å². The molecule has 0 aliphatic carbocycles. The van der Waals surface area contributed by atoms with E-state index >= 15 is 0 Å². The summed E-state index contributed by atoms with van der Waals surface area (Å²) in [4.78, 5) is 55.9. The Morgan fingerprint density at radius 2 is 0.617 bits per heavy atom. The van der Waals surface area contributed by atoms with Gasteiger partial charge in [-0.1, -0.05) is 160 Å². The van der Waals surface area contributed by atoms with Crippen LogP contribution in [0.3, 0.4) is 0 Å². The van der Waals surface area contributed by atoms with Gasteiger partial charge in [0.25, 0.3) is 0 Å². The van der Waals surface area contributed by atoms with Gasteiger partial charge in [0, 0.05) is 74.6 Å². The lowest BCUT2D eigenvalue weighted by atomic mass is 9.83. The van der Waals surface area contributed by atoms with Crippen molar-refractivity contribution >= 4 is 71.6 Å². The summed E-state index contributed by atoms with van der Waals surface area (Å²) < 4.78 is 24.1. The molecule has 0 fully saturated rings. The van der Waals surface area contributed by atoms with Gasteiger partial charge in [-0.05, 0) is 82.5 Å². The monoisotopic (exact) mass is 1210 g/mol. The molecule has 0 unspecified atom stereocenters. The maximum absolute atomic E-state index is 11.8. The van der Waals surface area contributed by atoms with Crippen molar-refractivity contribution in [2.75, 3.05) is 181 Å². The first-order valence-corrected chi connectivity index (χ1v) is 30.6. The number of hydrogen-bond acceptors (Lipinski definition) is 20. The minimum atomic E-state index is -0.0864.